The molecule has 0 spiro atoms. The smallest absolute Gasteiger partial charge is 0.251 e. The number of nitrogens with one attached hydrogen (secondary N) is 2. The van der Waals surface area contributed by atoms with Crippen molar-refractivity contribution in [3.63, 3.8) is 0 Å². The molecule has 150 valence electrons. The number of anilines is 2. The van der Waals surface area contributed by atoms with Crippen molar-refractivity contribution in [3.8, 4) is 5.75 Å². The zero-order valence-corrected chi connectivity index (χ0v) is 17.0. The Morgan fingerprint density at radius 2 is 1.89 bits per heavy atom. The van der Waals surface area contributed by atoms with E-state index in [1.165, 1.54) is 0 Å². The molecule has 0 unspecified atom stereocenters. The highest BCUT2D eigenvalue weighted by molar-refractivity contribution is 5.94. The first-order valence-corrected chi connectivity index (χ1v) is 9.68. The van der Waals surface area contributed by atoms with Crippen LogP contribution in [0.4, 0.5) is 11.8 Å². The van der Waals surface area contributed by atoms with Crippen molar-refractivity contribution in [2.75, 3.05) is 31.4 Å². The molecule has 1 fully saturated rings. The first kappa shape index (κ1) is 19.9. The van der Waals surface area contributed by atoms with E-state index in [9.17, 15) is 4.79 Å². The Morgan fingerprint density at radius 3 is 2.57 bits per heavy atom. The van der Waals surface area contributed by atoms with Crippen molar-refractivity contribution in [3.05, 3.63) is 41.6 Å². The number of aryl methyl sites for hydroxylation is 1. The minimum atomic E-state index is -0.0483. The van der Waals surface area contributed by atoms with E-state index in [-0.39, 0.29) is 11.9 Å². The molecule has 2 N–H and O–H groups in total. The average Bonchev–Trinajstić information content (AvgIpc) is 2.70. The van der Waals surface area contributed by atoms with Crippen molar-refractivity contribution in [1.82, 2.24) is 15.3 Å². The Labute approximate surface area is 166 Å². The minimum Gasteiger partial charge on any atom is -0.497 e. The first-order valence-electron chi connectivity index (χ1n) is 9.68. The molecule has 1 aromatic heterocycles. The van der Waals surface area contributed by atoms with E-state index in [0.717, 1.165) is 37.1 Å². The zero-order valence-electron chi connectivity index (χ0n) is 17.0. The highest BCUT2D eigenvalue weighted by Crippen LogP contribution is 2.23. The summed E-state index contributed by atoms with van der Waals surface area (Å²) in [6.45, 7) is 2.01. The fourth-order valence-electron chi connectivity index (χ4n) is 3.55. The van der Waals surface area contributed by atoms with Crippen molar-refractivity contribution in [2.45, 2.75) is 44.7 Å². The second-order valence-corrected chi connectivity index (χ2v) is 7.49. The molecular weight excluding hydrogens is 354 g/mol. The van der Waals surface area contributed by atoms with Crippen LogP contribution in [0.15, 0.2) is 30.5 Å². The molecule has 0 radical (unpaired) electrons. The lowest BCUT2D eigenvalue weighted by Gasteiger charge is -2.30. The van der Waals surface area contributed by atoms with Crippen LogP contribution in [0.1, 0.15) is 41.6 Å². The summed E-state index contributed by atoms with van der Waals surface area (Å²) in [6.07, 6.45) is 5.65. The second-order valence-electron chi connectivity index (χ2n) is 7.49. The third-order valence-corrected chi connectivity index (χ3v) is 5.10. The molecule has 1 saturated carbocycles. The van der Waals surface area contributed by atoms with Crippen LogP contribution in [0.5, 0.6) is 5.75 Å². The van der Waals surface area contributed by atoms with Gasteiger partial charge in [0.2, 0.25) is 5.95 Å². The number of hydrogen-bond donors (Lipinski definition) is 2. The number of carbonyl (C=O) groups is 1. The molecule has 0 bridgehead atoms. The highest BCUT2D eigenvalue weighted by Gasteiger charge is 2.23. The van der Waals surface area contributed by atoms with Crippen LogP contribution in [0, 0.1) is 6.92 Å². The Hall–Kier alpha value is -2.83. The number of amides is 1. The molecule has 1 aliphatic rings. The van der Waals surface area contributed by atoms with Gasteiger partial charge in [-0.3, -0.25) is 4.79 Å². The molecule has 0 aliphatic heterocycles. The van der Waals surface area contributed by atoms with Crippen molar-refractivity contribution in [1.29, 1.82) is 0 Å². The first-order chi connectivity index (χ1) is 13.5. The quantitative estimate of drug-likeness (QED) is 0.798. The van der Waals surface area contributed by atoms with Crippen LogP contribution in [-0.4, -0.2) is 49.2 Å². The van der Waals surface area contributed by atoms with E-state index in [1.807, 2.05) is 50.3 Å². The Balaban J connectivity index is 1.52. The second kappa shape index (κ2) is 8.91. The molecule has 1 aromatic carbocycles. The SMILES string of the molecule is COc1cccc(C(=O)NC2CCC(Nc3ncc(C)c(N(C)C)n3)CC2)c1. The molecule has 7 heteroatoms. The third kappa shape index (κ3) is 4.91. The number of nitrogens with zero attached hydrogens (tertiary/aromatic N) is 3. The standard InChI is InChI=1S/C21H29N5O2/c1-14-13-22-21(25-19(14)26(2)3)24-17-10-8-16(9-11-17)23-20(27)15-6-5-7-18(12-15)28-4/h5-7,12-13,16-17H,8-11H2,1-4H3,(H,23,27)(H,22,24,25). The lowest BCUT2D eigenvalue weighted by molar-refractivity contribution is 0.0926. The van der Waals surface area contributed by atoms with Gasteiger partial charge in [0.25, 0.3) is 5.91 Å². The summed E-state index contributed by atoms with van der Waals surface area (Å²) in [5.74, 6) is 2.23. The van der Waals surface area contributed by atoms with Crippen molar-refractivity contribution in [2.24, 2.45) is 0 Å². The summed E-state index contributed by atoms with van der Waals surface area (Å²) in [5, 5.41) is 6.59. The van der Waals surface area contributed by atoms with Gasteiger partial charge in [0, 0.05) is 43.5 Å². The normalized spacial score (nSPS) is 19.0. The van der Waals surface area contributed by atoms with E-state index in [0.29, 0.717) is 23.3 Å². The van der Waals surface area contributed by atoms with E-state index in [1.54, 1.807) is 13.2 Å². The van der Waals surface area contributed by atoms with E-state index >= 15 is 0 Å². The summed E-state index contributed by atoms with van der Waals surface area (Å²) in [5.41, 5.74) is 1.68. The highest BCUT2D eigenvalue weighted by atomic mass is 16.5. The van der Waals surface area contributed by atoms with E-state index in [2.05, 4.69) is 20.6 Å². The third-order valence-electron chi connectivity index (χ3n) is 5.10. The van der Waals surface area contributed by atoms with E-state index in [4.69, 9.17) is 4.74 Å². The van der Waals surface area contributed by atoms with Gasteiger partial charge in [-0.2, -0.15) is 4.98 Å². The monoisotopic (exact) mass is 383 g/mol. The fourth-order valence-corrected chi connectivity index (χ4v) is 3.55. The van der Waals surface area contributed by atoms with Crippen molar-refractivity contribution >= 4 is 17.7 Å². The molecule has 28 heavy (non-hydrogen) atoms. The van der Waals surface area contributed by atoms with Crippen LogP contribution in [0.25, 0.3) is 0 Å². The van der Waals surface area contributed by atoms with Gasteiger partial charge < -0.3 is 20.3 Å². The Morgan fingerprint density at radius 1 is 1.18 bits per heavy atom. The number of aromatic nitrogens is 2. The van der Waals surface area contributed by atoms with Gasteiger partial charge in [0.15, 0.2) is 0 Å². The summed E-state index contributed by atoms with van der Waals surface area (Å²) in [4.78, 5) is 23.5. The van der Waals surface area contributed by atoms with Crippen LogP contribution >= 0.6 is 0 Å². The number of hydrogen-bond acceptors (Lipinski definition) is 6. The maximum Gasteiger partial charge on any atom is 0.251 e. The molecule has 0 saturated heterocycles. The van der Waals surface area contributed by atoms with Gasteiger partial charge in [-0.1, -0.05) is 6.07 Å². The molecular formula is C21H29N5O2. The molecule has 1 amide bonds. The lowest BCUT2D eigenvalue weighted by Crippen LogP contribution is -2.40. The van der Waals surface area contributed by atoms with Gasteiger partial charge in [0.1, 0.15) is 11.6 Å². The van der Waals surface area contributed by atoms with Gasteiger partial charge in [0.05, 0.1) is 7.11 Å². The molecule has 7 nitrogen and oxygen atoms in total. The number of rotatable bonds is 6. The average molecular weight is 383 g/mol. The topological polar surface area (TPSA) is 79.4 Å². The van der Waals surface area contributed by atoms with E-state index < -0.39 is 0 Å². The maximum absolute atomic E-state index is 12.5. The number of carbonyl (C=O) groups excluding carboxylic acids is 1. The number of benzene rings is 1. The van der Waals surface area contributed by atoms with Gasteiger partial charge in [-0.05, 0) is 50.8 Å². The molecule has 2 aromatic rings. The molecule has 3 rings (SSSR count). The summed E-state index contributed by atoms with van der Waals surface area (Å²) >= 11 is 0. The summed E-state index contributed by atoms with van der Waals surface area (Å²) in [7, 11) is 5.56. The van der Waals surface area contributed by atoms with Gasteiger partial charge >= 0.3 is 0 Å². The maximum atomic E-state index is 12.5. The predicted molar refractivity (Wildman–Crippen MR) is 111 cm³/mol. The van der Waals surface area contributed by atoms with Crippen LogP contribution < -0.4 is 20.3 Å². The van der Waals surface area contributed by atoms with Crippen LogP contribution in [0.3, 0.4) is 0 Å². The number of methoxy groups -OCH3 is 1. The Bertz CT molecular complexity index is 816. The fraction of sp³-hybridized carbons (Fsp3) is 0.476. The van der Waals surface area contributed by atoms with Gasteiger partial charge in [-0.25, -0.2) is 4.98 Å². The molecule has 1 aliphatic carbocycles. The minimum absolute atomic E-state index is 0.0483. The summed E-state index contributed by atoms with van der Waals surface area (Å²) < 4.78 is 5.19. The number of ether oxygens (including phenoxy) is 1. The zero-order chi connectivity index (χ0) is 20.1. The molecule has 1 heterocycles. The lowest BCUT2D eigenvalue weighted by atomic mass is 9.91. The van der Waals surface area contributed by atoms with Crippen LogP contribution in [-0.2, 0) is 0 Å². The van der Waals surface area contributed by atoms with Crippen molar-refractivity contribution < 1.29 is 9.53 Å². The Kier molecular flexibility index (Phi) is 6.34. The molecule has 0 atom stereocenters. The predicted octanol–water partition coefficient (Wildman–Crippen LogP) is 3.01. The van der Waals surface area contributed by atoms with Crippen LogP contribution in [0.2, 0.25) is 0 Å². The summed E-state index contributed by atoms with van der Waals surface area (Å²) in [6, 6.07) is 7.75. The largest absolute Gasteiger partial charge is 0.497 e. The van der Waals surface area contributed by atoms with Gasteiger partial charge in [-0.15, -0.1) is 0 Å².